The first kappa shape index (κ1) is 11.4. The molecule has 3 N–H and O–H groups in total. The lowest BCUT2D eigenvalue weighted by molar-refractivity contribution is -0.138. The van der Waals surface area contributed by atoms with Crippen LogP contribution in [-0.4, -0.2) is 42.4 Å². The second-order valence-corrected chi connectivity index (χ2v) is 4.73. The zero-order valence-corrected chi connectivity index (χ0v) is 9.45. The second kappa shape index (κ2) is 4.82. The maximum absolute atomic E-state index is 12.1. The number of likely N-dealkylation sites (tertiary alicyclic amines) is 1. The monoisotopic (exact) mass is 225 g/mol. The number of carbonyl (C=O) groups is 2. The average Bonchev–Trinajstić information content (AvgIpc) is 2.29. The zero-order valence-electron chi connectivity index (χ0n) is 9.45. The van der Waals surface area contributed by atoms with Gasteiger partial charge < -0.3 is 16.0 Å². The van der Waals surface area contributed by atoms with Gasteiger partial charge in [-0.1, -0.05) is 0 Å². The van der Waals surface area contributed by atoms with Crippen LogP contribution in [0.4, 0.5) is 0 Å². The molecule has 2 atom stereocenters. The van der Waals surface area contributed by atoms with Crippen LogP contribution in [-0.2, 0) is 9.59 Å². The minimum Gasteiger partial charge on any atom is -0.355 e. The minimum atomic E-state index is -0.0389. The van der Waals surface area contributed by atoms with Crippen molar-refractivity contribution in [1.82, 2.24) is 10.2 Å². The molecule has 0 spiro atoms. The van der Waals surface area contributed by atoms with E-state index in [9.17, 15) is 9.59 Å². The average molecular weight is 225 g/mol. The number of hydrogen-bond donors (Lipinski definition) is 2. The van der Waals surface area contributed by atoms with Crippen molar-refractivity contribution in [3.05, 3.63) is 0 Å². The molecule has 2 heterocycles. The number of nitrogens with two attached hydrogens (primary N) is 1. The van der Waals surface area contributed by atoms with Gasteiger partial charge in [-0.05, 0) is 19.3 Å². The Hall–Kier alpha value is -1.10. The van der Waals surface area contributed by atoms with E-state index >= 15 is 0 Å². The van der Waals surface area contributed by atoms with Crippen molar-refractivity contribution in [2.24, 2.45) is 11.7 Å². The molecule has 0 radical (unpaired) electrons. The summed E-state index contributed by atoms with van der Waals surface area (Å²) in [6, 6.07) is 0.121. The van der Waals surface area contributed by atoms with Crippen LogP contribution in [0.3, 0.4) is 0 Å². The summed E-state index contributed by atoms with van der Waals surface area (Å²) < 4.78 is 0. The summed E-state index contributed by atoms with van der Waals surface area (Å²) >= 11 is 0. The minimum absolute atomic E-state index is 0.0389. The molecule has 2 aliphatic heterocycles. The van der Waals surface area contributed by atoms with Gasteiger partial charge in [0, 0.05) is 32.1 Å². The molecule has 0 saturated carbocycles. The van der Waals surface area contributed by atoms with Gasteiger partial charge in [-0.25, -0.2) is 0 Å². The van der Waals surface area contributed by atoms with Gasteiger partial charge in [0.2, 0.25) is 11.8 Å². The summed E-state index contributed by atoms with van der Waals surface area (Å²) in [5, 5.41) is 2.75. The molecule has 16 heavy (non-hydrogen) atoms. The van der Waals surface area contributed by atoms with Gasteiger partial charge in [0.1, 0.15) is 0 Å². The molecule has 0 aromatic rings. The summed E-state index contributed by atoms with van der Waals surface area (Å²) in [4.78, 5) is 25.0. The summed E-state index contributed by atoms with van der Waals surface area (Å²) in [6.45, 7) is 1.98. The lowest BCUT2D eigenvalue weighted by Crippen LogP contribution is -2.50. The fraction of sp³-hybridized carbons (Fsp3) is 0.818. The van der Waals surface area contributed by atoms with E-state index in [-0.39, 0.29) is 23.8 Å². The molecule has 5 nitrogen and oxygen atoms in total. The lowest BCUT2D eigenvalue weighted by atomic mass is 9.96. The van der Waals surface area contributed by atoms with Gasteiger partial charge in [-0.2, -0.15) is 0 Å². The third-order valence-electron chi connectivity index (χ3n) is 3.38. The van der Waals surface area contributed by atoms with E-state index in [0.29, 0.717) is 25.9 Å². The van der Waals surface area contributed by atoms with Crippen LogP contribution in [0.2, 0.25) is 0 Å². The van der Waals surface area contributed by atoms with Gasteiger partial charge in [0.05, 0.1) is 5.92 Å². The van der Waals surface area contributed by atoms with Crippen molar-refractivity contribution >= 4 is 11.8 Å². The highest BCUT2D eigenvalue weighted by molar-refractivity contribution is 5.83. The number of piperidine rings is 2. The fourth-order valence-corrected chi connectivity index (χ4v) is 2.41. The molecule has 2 rings (SSSR count). The maximum atomic E-state index is 12.1. The molecule has 0 aromatic heterocycles. The topological polar surface area (TPSA) is 75.4 Å². The van der Waals surface area contributed by atoms with Crippen molar-refractivity contribution in [2.75, 3.05) is 19.6 Å². The van der Waals surface area contributed by atoms with E-state index in [0.717, 1.165) is 19.4 Å². The first-order valence-corrected chi connectivity index (χ1v) is 5.98. The van der Waals surface area contributed by atoms with Crippen LogP contribution >= 0.6 is 0 Å². The van der Waals surface area contributed by atoms with Crippen LogP contribution in [0.15, 0.2) is 0 Å². The van der Waals surface area contributed by atoms with Crippen LogP contribution in [0.1, 0.15) is 25.7 Å². The summed E-state index contributed by atoms with van der Waals surface area (Å²) in [7, 11) is 0. The number of carbonyl (C=O) groups excluding carboxylic acids is 2. The highest BCUT2D eigenvalue weighted by Crippen LogP contribution is 2.17. The smallest absolute Gasteiger partial charge is 0.227 e. The number of amides is 2. The first-order valence-electron chi connectivity index (χ1n) is 5.98. The van der Waals surface area contributed by atoms with Crippen molar-refractivity contribution < 1.29 is 9.59 Å². The number of hydrogen-bond acceptors (Lipinski definition) is 3. The van der Waals surface area contributed by atoms with E-state index < -0.39 is 0 Å². The molecule has 2 amide bonds. The van der Waals surface area contributed by atoms with Crippen molar-refractivity contribution in [3.63, 3.8) is 0 Å². The Morgan fingerprint density at radius 3 is 2.88 bits per heavy atom. The third kappa shape index (κ3) is 2.52. The lowest BCUT2D eigenvalue weighted by Gasteiger charge is -2.34. The van der Waals surface area contributed by atoms with Gasteiger partial charge in [-0.3, -0.25) is 9.59 Å². The van der Waals surface area contributed by atoms with E-state index in [4.69, 9.17) is 5.73 Å². The summed E-state index contributed by atoms with van der Waals surface area (Å²) in [5.41, 5.74) is 5.85. The van der Waals surface area contributed by atoms with E-state index in [2.05, 4.69) is 5.32 Å². The summed E-state index contributed by atoms with van der Waals surface area (Å²) in [6.07, 6.45) is 3.14. The molecule has 0 aliphatic carbocycles. The second-order valence-electron chi connectivity index (χ2n) is 4.73. The molecule has 5 heteroatoms. The molecule has 0 bridgehead atoms. The van der Waals surface area contributed by atoms with Crippen LogP contribution in [0.25, 0.3) is 0 Å². The van der Waals surface area contributed by atoms with Gasteiger partial charge in [0.25, 0.3) is 0 Å². The molecule has 1 unspecified atom stereocenters. The molecule has 2 fully saturated rings. The predicted molar refractivity (Wildman–Crippen MR) is 59.5 cm³/mol. The van der Waals surface area contributed by atoms with Gasteiger partial charge >= 0.3 is 0 Å². The Balaban J connectivity index is 1.89. The Labute approximate surface area is 95.3 Å². The molecular weight excluding hydrogens is 206 g/mol. The molecule has 0 aromatic carbocycles. The van der Waals surface area contributed by atoms with Crippen molar-refractivity contribution in [2.45, 2.75) is 31.7 Å². The Morgan fingerprint density at radius 1 is 1.44 bits per heavy atom. The fourth-order valence-electron chi connectivity index (χ4n) is 2.41. The van der Waals surface area contributed by atoms with Gasteiger partial charge in [-0.15, -0.1) is 0 Å². The zero-order chi connectivity index (χ0) is 11.5. The molecule has 90 valence electrons. The SMILES string of the molecule is N[C@@H]1CCCN(C(=O)C2CCC(=O)NC2)C1. The van der Waals surface area contributed by atoms with Gasteiger partial charge in [0.15, 0.2) is 0 Å². The highest BCUT2D eigenvalue weighted by Gasteiger charge is 2.30. The van der Waals surface area contributed by atoms with E-state index in [1.807, 2.05) is 4.90 Å². The molecular formula is C11H19N3O2. The van der Waals surface area contributed by atoms with Crippen LogP contribution in [0, 0.1) is 5.92 Å². The maximum Gasteiger partial charge on any atom is 0.227 e. The van der Waals surface area contributed by atoms with Crippen molar-refractivity contribution in [1.29, 1.82) is 0 Å². The number of nitrogens with zero attached hydrogens (tertiary/aromatic N) is 1. The van der Waals surface area contributed by atoms with Crippen molar-refractivity contribution in [3.8, 4) is 0 Å². The van der Waals surface area contributed by atoms with E-state index in [1.165, 1.54) is 0 Å². The van der Waals surface area contributed by atoms with Crippen LogP contribution in [0.5, 0.6) is 0 Å². The Morgan fingerprint density at radius 2 is 2.25 bits per heavy atom. The number of nitrogens with one attached hydrogen (secondary N) is 1. The normalized spacial score (nSPS) is 31.1. The Kier molecular flexibility index (Phi) is 3.43. The Bertz CT molecular complexity index is 283. The quantitative estimate of drug-likeness (QED) is 0.629. The predicted octanol–water partition coefficient (Wildman–Crippen LogP) is -0.538. The molecule has 2 saturated heterocycles. The first-order chi connectivity index (χ1) is 7.66. The number of rotatable bonds is 1. The largest absolute Gasteiger partial charge is 0.355 e. The summed E-state index contributed by atoms with van der Waals surface area (Å²) in [5.74, 6) is 0.178. The molecule has 2 aliphatic rings. The third-order valence-corrected chi connectivity index (χ3v) is 3.38. The van der Waals surface area contributed by atoms with E-state index in [1.54, 1.807) is 0 Å². The highest BCUT2D eigenvalue weighted by atomic mass is 16.2. The van der Waals surface area contributed by atoms with Crippen LogP contribution < -0.4 is 11.1 Å². The standard InChI is InChI=1S/C11H19N3O2/c12-9-2-1-5-14(7-9)11(16)8-3-4-10(15)13-6-8/h8-9H,1-7,12H2,(H,13,15)/t8?,9-/m1/s1.